The Bertz CT molecular complexity index is 613. The molecule has 1 heterocycles. The van der Waals surface area contributed by atoms with Crippen LogP contribution in [0.1, 0.15) is 29.0 Å². The first-order chi connectivity index (χ1) is 9.86. The third-order valence-electron chi connectivity index (χ3n) is 4.08. The number of nitriles is 1. The molecule has 0 saturated carbocycles. The fourth-order valence-electron chi connectivity index (χ4n) is 2.98. The van der Waals surface area contributed by atoms with Gasteiger partial charge in [-0.1, -0.05) is 48.5 Å². The van der Waals surface area contributed by atoms with Crippen molar-refractivity contribution in [2.75, 3.05) is 13.1 Å². The van der Waals surface area contributed by atoms with E-state index in [0.717, 1.165) is 30.8 Å². The number of nitrogens with zero attached hydrogens (tertiary/aromatic N) is 2. The van der Waals surface area contributed by atoms with Crippen LogP contribution >= 0.6 is 0 Å². The van der Waals surface area contributed by atoms with Gasteiger partial charge in [-0.05, 0) is 36.1 Å². The number of likely N-dealkylation sites (tertiary alicyclic amines) is 1. The molecule has 0 aromatic heterocycles. The molecule has 1 aliphatic rings. The number of rotatable bonds is 3. The summed E-state index contributed by atoms with van der Waals surface area (Å²) in [5, 5.41) is 9.15. The van der Waals surface area contributed by atoms with Crippen LogP contribution in [0.2, 0.25) is 0 Å². The molecule has 0 unspecified atom stereocenters. The first-order valence-electron chi connectivity index (χ1n) is 7.12. The largest absolute Gasteiger partial charge is 0.298 e. The molecule has 1 saturated heterocycles. The zero-order valence-corrected chi connectivity index (χ0v) is 11.5. The van der Waals surface area contributed by atoms with Crippen molar-refractivity contribution in [2.45, 2.75) is 18.9 Å². The summed E-state index contributed by atoms with van der Waals surface area (Å²) < 4.78 is 0. The minimum absolute atomic E-state index is 0.630. The van der Waals surface area contributed by atoms with E-state index in [4.69, 9.17) is 5.26 Å². The molecule has 0 N–H and O–H groups in total. The van der Waals surface area contributed by atoms with Gasteiger partial charge in [0.2, 0.25) is 0 Å². The number of hydrogen-bond donors (Lipinski definition) is 0. The van der Waals surface area contributed by atoms with E-state index in [1.807, 2.05) is 18.2 Å². The molecule has 1 fully saturated rings. The van der Waals surface area contributed by atoms with Crippen molar-refractivity contribution < 1.29 is 0 Å². The second-order valence-corrected chi connectivity index (χ2v) is 5.40. The van der Waals surface area contributed by atoms with Crippen LogP contribution in [0, 0.1) is 11.3 Å². The highest BCUT2D eigenvalue weighted by Crippen LogP contribution is 2.28. The van der Waals surface area contributed by atoms with Crippen molar-refractivity contribution in [1.29, 1.82) is 5.26 Å². The lowest BCUT2D eigenvalue weighted by Gasteiger charge is -2.17. The summed E-state index contributed by atoms with van der Waals surface area (Å²) in [5.74, 6) is 0.630. The molecule has 0 amide bonds. The fourth-order valence-corrected chi connectivity index (χ4v) is 2.98. The maximum Gasteiger partial charge on any atom is 0.0995 e. The van der Waals surface area contributed by atoms with Crippen LogP contribution in [0.3, 0.4) is 0 Å². The SMILES string of the molecule is N#Cc1ccccc1CN1CC[C@H](c2ccccc2)C1. The topological polar surface area (TPSA) is 27.0 Å². The summed E-state index contributed by atoms with van der Waals surface area (Å²) in [6, 6.07) is 20.9. The minimum atomic E-state index is 0.630. The molecule has 0 bridgehead atoms. The van der Waals surface area contributed by atoms with E-state index in [2.05, 4.69) is 47.4 Å². The van der Waals surface area contributed by atoms with Gasteiger partial charge in [0.1, 0.15) is 0 Å². The Kier molecular flexibility index (Phi) is 3.80. The third kappa shape index (κ3) is 2.74. The Labute approximate surface area is 120 Å². The summed E-state index contributed by atoms with van der Waals surface area (Å²) in [5.41, 5.74) is 3.38. The standard InChI is InChI=1S/C18H18N2/c19-12-16-8-4-5-9-17(16)13-20-11-10-18(14-20)15-6-2-1-3-7-15/h1-9,18H,10-11,13-14H2/t18-/m0/s1. The smallest absolute Gasteiger partial charge is 0.0995 e. The van der Waals surface area contributed by atoms with Crippen LogP contribution in [-0.2, 0) is 6.54 Å². The van der Waals surface area contributed by atoms with Gasteiger partial charge in [-0.3, -0.25) is 4.90 Å². The Morgan fingerprint density at radius 2 is 1.80 bits per heavy atom. The van der Waals surface area contributed by atoms with Gasteiger partial charge < -0.3 is 0 Å². The second kappa shape index (κ2) is 5.90. The maximum atomic E-state index is 9.15. The van der Waals surface area contributed by atoms with Gasteiger partial charge >= 0.3 is 0 Å². The average Bonchev–Trinajstić information content (AvgIpc) is 2.97. The van der Waals surface area contributed by atoms with Gasteiger partial charge in [0.25, 0.3) is 0 Å². The predicted octanol–water partition coefficient (Wildman–Crippen LogP) is 3.55. The molecule has 3 rings (SSSR count). The molecule has 1 atom stereocenters. The van der Waals surface area contributed by atoms with Gasteiger partial charge in [0.15, 0.2) is 0 Å². The van der Waals surface area contributed by atoms with Gasteiger partial charge in [0, 0.05) is 13.1 Å². The van der Waals surface area contributed by atoms with E-state index >= 15 is 0 Å². The molecule has 2 nitrogen and oxygen atoms in total. The monoisotopic (exact) mass is 262 g/mol. The lowest BCUT2D eigenvalue weighted by molar-refractivity contribution is 0.326. The average molecular weight is 262 g/mol. The van der Waals surface area contributed by atoms with Gasteiger partial charge in [-0.25, -0.2) is 0 Å². The quantitative estimate of drug-likeness (QED) is 0.846. The molecule has 1 aliphatic heterocycles. The first-order valence-corrected chi connectivity index (χ1v) is 7.12. The summed E-state index contributed by atoms with van der Waals surface area (Å²) in [7, 11) is 0. The second-order valence-electron chi connectivity index (χ2n) is 5.40. The zero-order valence-electron chi connectivity index (χ0n) is 11.5. The molecule has 2 heteroatoms. The lowest BCUT2D eigenvalue weighted by atomic mass is 9.99. The van der Waals surface area contributed by atoms with Crippen LogP contribution in [-0.4, -0.2) is 18.0 Å². The van der Waals surface area contributed by atoms with Crippen molar-refractivity contribution in [2.24, 2.45) is 0 Å². The molecule has 20 heavy (non-hydrogen) atoms. The minimum Gasteiger partial charge on any atom is -0.298 e. The third-order valence-corrected chi connectivity index (χ3v) is 4.08. The van der Waals surface area contributed by atoms with Crippen LogP contribution in [0.25, 0.3) is 0 Å². The number of benzene rings is 2. The van der Waals surface area contributed by atoms with Gasteiger partial charge in [0.05, 0.1) is 11.6 Å². The molecule has 0 spiro atoms. The first kappa shape index (κ1) is 12.9. The summed E-state index contributed by atoms with van der Waals surface area (Å²) in [4.78, 5) is 2.45. The van der Waals surface area contributed by atoms with Crippen LogP contribution in [0.4, 0.5) is 0 Å². The Morgan fingerprint density at radius 1 is 1.05 bits per heavy atom. The Morgan fingerprint density at radius 3 is 2.60 bits per heavy atom. The van der Waals surface area contributed by atoms with Crippen molar-refractivity contribution in [3.63, 3.8) is 0 Å². The zero-order chi connectivity index (χ0) is 13.8. The van der Waals surface area contributed by atoms with Gasteiger partial charge in [-0.15, -0.1) is 0 Å². The normalized spacial score (nSPS) is 18.9. The lowest BCUT2D eigenvalue weighted by Crippen LogP contribution is -2.20. The molecule has 100 valence electrons. The predicted molar refractivity (Wildman–Crippen MR) is 80.2 cm³/mol. The van der Waals surface area contributed by atoms with E-state index in [-0.39, 0.29) is 0 Å². The van der Waals surface area contributed by atoms with Crippen LogP contribution < -0.4 is 0 Å². The van der Waals surface area contributed by atoms with E-state index in [0.29, 0.717) is 5.92 Å². The van der Waals surface area contributed by atoms with Crippen LogP contribution in [0.5, 0.6) is 0 Å². The van der Waals surface area contributed by atoms with E-state index in [1.165, 1.54) is 12.0 Å². The molecule has 0 radical (unpaired) electrons. The maximum absolute atomic E-state index is 9.15. The van der Waals surface area contributed by atoms with Crippen molar-refractivity contribution in [3.05, 3.63) is 71.3 Å². The van der Waals surface area contributed by atoms with E-state index < -0.39 is 0 Å². The summed E-state index contributed by atoms with van der Waals surface area (Å²) in [6.45, 7) is 3.08. The fraction of sp³-hybridized carbons (Fsp3) is 0.278. The van der Waals surface area contributed by atoms with Crippen LogP contribution in [0.15, 0.2) is 54.6 Å². The molecular weight excluding hydrogens is 244 g/mol. The Balaban J connectivity index is 1.68. The highest BCUT2D eigenvalue weighted by molar-refractivity contribution is 5.37. The van der Waals surface area contributed by atoms with Crippen molar-refractivity contribution in [3.8, 4) is 6.07 Å². The van der Waals surface area contributed by atoms with E-state index in [9.17, 15) is 0 Å². The summed E-state index contributed by atoms with van der Waals surface area (Å²) >= 11 is 0. The number of hydrogen-bond acceptors (Lipinski definition) is 2. The Hall–Kier alpha value is -2.11. The molecule has 2 aromatic carbocycles. The van der Waals surface area contributed by atoms with Crippen molar-refractivity contribution >= 4 is 0 Å². The highest BCUT2D eigenvalue weighted by Gasteiger charge is 2.23. The summed E-state index contributed by atoms with van der Waals surface area (Å²) in [6.07, 6.45) is 1.21. The highest BCUT2D eigenvalue weighted by atomic mass is 15.1. The molecular formula is C18H18N2. The van der Waals surface area contributed by atoms with Gasteiger partial charge in [-0.2, -0.15) is 5.26 Å². The molecule has 0 aliphatic carbocycles. The molecule has 2 aromatic rings. The van der Waals surface area contributed by atoms with E-state index in [1.54, 1.807) is 0 Å². The van der Waals surface area contributed by atoms with Crippen molar-refractivity contribution in [1.82, 2.24) is 4.90 Å².